The fourth-order valence-corrected chi connectivity index (χ4v) is 1.98. The lowest BCUT2D eigenvalue weighted by atomic mass is 10.2. The third kappa shape index (κ3) is 3.96. The molecule has 0 aliphatic carbocycles. The number of hydrogen-bond acceptors (Lipinski definition) is 3. The van der Waals surface area contributed by atoms with Crippen LogP contribution in [0.2, 0.25) is 0 Å². The Morgan fingerprint density at radius 3 is 2.18 bits per heavy atom. The fourth-order valence-electron chi connectivity index (χ4n) is 1.98. The van der Waals surface area contributed by atoms with Crippen molar-refractivity contribution in [3.63, 3.8) is 0 Å². The highest BCUT2D eigenvalue weighted by Crippen LogP contribution is 2.21. The maximum absolute atomic E-state index is 5.80. The first kappa shape index (κ1) is 13.9. The van der Waals surface area contributed by atoms with E-state index < -0.39 is 0 Å². The SMILES string of the molecule is C(=N\Nc1ccccc1)/c1cccc(Oc2ccccc2)c1. The molecule has 3 aromatic rings. The van der Waals surface area contributed by atoms with Crippen LogP contribution in [0.1, 0.15) is 5.56 Å². The lowest BCUT2D eigenvalue weighted by Gasteiger charge is -2.05. The van der Waals surface area contributed by atoms with Gasteiger partial charge in [-0.25, -0.2) is 0 Å². The molecule has 0 aliphatic heterocycles. The van der Waals surface area contributed by atoms with E-state index >= 15 is 0 Å². The molecule has 0 fully saturated rings. The van der Waals surface area contributed by atoms with Crippen molar-refractivity contribution in [2.24, 2.45) is 5.10 Å². The maximum Gasteiger partial charge on any atom is 0.128 e. The first-order valence-electron chi connectivity index (χ1n) is 7.07. The third-order valence-corrected chi connectivity index (χ3v) is 3.02. The Hall–Kier alpha value is -3.07. The molecule has 0 unspecified atom stereocenters. The standard InChI is InChI=1S/C19H16N2O/c1-3-9-17(10-4-1)21-20-15-16-8-7-13-19(14-16)22-18-11-5-2-6-12-18/h1-15,21H/b20-15+. The van der Waals surface area contributed by atoms with Gasteiger partial charge in [-0.15, -0.1) is 0 Å². The summed E-state index contributed by atoms with van der Waals surface area (Å²) < 4.78 is 5.80. The topological polar surface area (TPSA) is 33.6 Å². The molecule has 0 bridgehead atoms. The largest absolute Gasteiger partial charge is 0.457 e. The molecule has 3 rings (SSSR count). The van der Waals surface area contributed by atoms with E-state index in [0.717, 1.165) is 22.7 Å². The molecule has 3 nitrogen and oxygen atoms in total. The monoisotopic (exact) mass is 288 g/mol. The number of hydrogen-bond donors (Lipinski definition) is 1. The van der Waals surface area contributed by atoms with Gasteiger partial charge in [0.05, 0.1) is 11.9 Å². The van der Waals surface area contributed by atoms with Gasteiger partial charge in [-0.2, -0.15) is 5.10 Å². The number of anilines is 1. The minimum Gasteiger partial charge on any atom is -0.457 e. The summed E-state index contributed by atoms with van der Waals surface area (Å²) in [7, 11) is 0. The first-order valence-corrected chi connectivity index (χ1v) is 7.07. The van der Waals surface area contributed by atoms with Crippen molar-refractivity contribution >= 4 is 11.9 Å². The van der Waals surface area contributed by atoms with Gasteiger partial charge in [-0.05, 0) is 42.0 Å². The van der Waals surface area contributed by atoms with Crippen LogP contribution in [-0.4, -0.2) is 6.21 Å². The van der Waals surface area contributed by atoms with E-state index in [1.807, 2.05) is 84.9 Å². The summed E-state index contributed by atoms with van der Waals surface area (Å²) in [6.07, 6.45) is 1.77. The zero-order valence-corrected chi connectivity index (χ0v) is 12.0. The Morgan fingerprint density at radius 2 is 1.41 bits per heavy atom. The van der Waals surface area contributed by atoms with Gasteiger partial charge >= 0.3 is 0 Å². The summed E-state index contributed by atoms with van der Waals surface area (Å²) >= 11 is 0. The van der Waals surface area contributed by atoms with Crippen LogP contribution >= 0.6 is 0 Å². The molecular weight excluding hydrogens is 272 g/mol. The number of nitrogens with one attached hydrogen (secondary N) is 1. The summed E-state index contributed by atoms with van der Waals surface area (Å²) in [5, 5.41) is 4.23. The Balaban J connectivity index is 1.66. The molecule has 0 amide bonds. The predicted octanol–water partition coefficient (Wildman–Crippen LogP) is 4.92. The molecule has 108 valence electrons. The van der Waals surface area contributed by atoms with Gasteiger partial charge in [0.1, 0.15) is 11.5 Å². The number of ether oxygens (including phenoxy) is 1. The van der Waals surface area contributed by atoms with Crippen LogP contribution in [-0.2, 0) is 0 Å². The molecular formula is C19H16N2O. The second-order valence-corrected chi connectivity index (χ2v) is 4.72. The van der Waals surface area contributed by atoms with Crippen LogP contribution in [0.4, 0.5) is 5.69 Å². The number of hydrazone groups is 1. The molecule has 0 atom stereocenters. The van der Waals surface area contributed by atoms with Crippen molar-refractivity contribution < 1.29 is 4.74 Å². The molecule has 0 saturated heterocycles. The summed E-state index contributed by atoms with van der Waals surface area (Å²) in [6, 6.07) is 27.3. The van der Waals surface area contributed by atoms with Gasteiger partial charge in [0.2, 0.25) is 0 Å². The van der Waals surface area contributed by atoms with Crippen LogP contribution in [0.5, 0.6) is 11.5 Å². The molecule has 0 saturated carbocycles. The van der Waals surface area contributed by atoms with E-state index in [0.29, 0.717) is 0 Å². The quantitative estimate of drug-likeness (QED) is 0.533. The third-order valence-electron chi connectivity index (χ3n) is 3.02. The molecule has 0 radical (unpaired) electrons. The molecule has 0 heterocycles. The lowest BCUT2D eigenvalue weighted by molar-refractivity contribution is 0.482. The van der Waals surface area contributed by atoms with Crippen molar-refractivity contribution in [2.75, 3.05) is 5.43 Å². The summed E-state index contributed by atoms with van der Waals surface area (Å²) in [4.78, 5) is 0. The number of nitrogens with zero attached hydrogens (tertiary/aromatic N) is 1. The van der Waals surface area contributed by atoms with Crippen LogP contribution in [0.15, 0.2) is 90.0 Å². The van der Waals surface area contributed by atoms with E-state index in [1.54, 1.807) is 6.21 Å². The lowest BCUT2D eigenvalue weighted by Crippen LogP contribution is -1.91. The Labute approximate surface area is 129 Å². The Bertz CT molecular complexity index is 740. The van der Waals surface area contributed by atoms with Crippen LogP contribution in [0.25, 0.3) is 0 Å². The van der Waals surface area contributed by atoms with Crippen LogP contribution in [0, 0.1) is 0 Å². The van der Waals surface area contributed by atoms with Gasteiger partial charge < -0.3 is 4.74 Å². The van der Waals surface area contributed by atoms with Crippen molar-refractivity contribution in [2.45, 2.75) is 0 Å². The highest BCUT2D eigenvalue weighted by molar-refractivity contribution is 5.80. The van der Waals surface area contributed by atoms with E-state index in [2.05, 4.69) is 10.5 Å². The van der Waals surface area contributed by atoms with E-state index in [-0.39, 0.29) is 0 Å². The second-order valence-electron chi connectivity index (χ2n) is 4.72. The zero-order valence-electron chi connectivity index (χ0n) is 12.0. The fraction of sp³-hybridized carbons (Fsp3) is 0. The molecule has 0 spiro atoms. The van der Waals surface area contributed by atoms with Gasteiger partial charge in [0.15, 0.2) is 0 Å². The minimum atomic E-state index is 0.787. The van der Waals surface area contributed by atoms with Gasteiger partial charge in [0.25, 0.3) is 0 Å². The molecule has 0 aromatic heterocycles. The average molecular weight is 288 g/mol. The molecule has 0 aliphatic rings. The normalized spacial score (nSPS) is 10.5. The van der Waals surface area contributed by atoms with E-state index in [4.69, 9.17) is 4.74 Å². The minimum absolute atomic E-state index is 0.787. The van der Waals surface area contributed by atoms with Crippen molar-refractivity contribution in [1.82, 2.24) is 0 Å². The van der Waals surface area contributed by atoms with Crippen molar-refractivity contribution in [1.29, 1.82) is 0 Å². The van der Waals surface area contributed by atoms with Crippen LogP contribution < -0.4 is 10.2 Å². The first-order chi connectivity index (χ1) is 10.9. The summed E-state index contributed by atoms with van der Waals surface area (Å²) in [5.74, 6) is 1.61. The van der Waals surface area contributed by atoms with Crippen molar-refractivity contribution in [3.05, 3.63) is 90.5 Å². The van der Waals surface area contributed by atoms with Crippen LogP contribution in [0.3, 0.4) is 0 Å². The smallest absolute Gasteiger partial charge is 0.128 e. The molecule has 3 heteroatoms. The highest BCUT2D eigenvalue weighted by atomic mass is 16.5. The Morgan fingerprint density at radius 1 is 0.727 bits per heavy atom. The van der Waals surface area contributed by atoms with Gasteiger partial charge in [-0.3, -0.25) is 5.43 Å². The second kappa shape index (κ2) is 7.09. The Kier molecular flexibility index (Phi) is 4.47. The molecule has 22 heavy (non-hydrogen) atoms. The van der Waals surface area contributed by atoms with Gasteiger partial charge in [0, 0.05) is 0 Å². The summed E-state index contributed by atoms with van der Waals surface area (Å²) in [5.41, 5.74) is 4.91. The van der Waals surface area contributed by atoms with E-state index in [1.165, 1.54) is 0 Å². The van der Waals surface area contributed by atoms with E-state index in [9.17, 15) is 0 Å². The highest BCUT2D eigenvalue weighted by Gasteiger charge is 1.97. The predicted molar refractivity (Wildman–Crippen MR) is 90.6 cm³/mol. The maximum atomic E-state index is 5.80. The number of rotatable bonds is 5. The summed E-state index contributed by atoms with van der Waals surface area (Å²) in [6.45, 7) is 0. The average Bonchev–Trinajstić information content (AvgIpc) is 2.57. The molecule has 1 N–H and O–H groups in total. The van der Waals surface area contributed by atoms with Crippen molar-refractivity contribution in [3.8, 4) is 11.5 Å². The number of benzene rings is 3. The zero-order chi connectivity index (χ0) is 15.0. The molecule has 3 aromatic carbocycles. The number of para-hydroxylation sites is 2. The van der Waals surface area contributed by atoms with Gasteiger partial charge in [-0.1, -0.05) is 48.5 Å².